The number of rotatable bonds is 0. The molecule has 1 aromatic rings. The fraction of sp³-hybridized carbons (Fsp3) is 0. The topological polar surface area (TPSA) is 46.1 Å². The molecule has 0 aliphatic rings. The van der Waals surface area contributed by atoms with Gasteiger partial charge in [-0.1, -0.05) is 57.9 Å². The van der Waals surface area contributed by atoms with Crippen molar-refractivity contribution in [3.63, 3.8) is 0 Å². The maximum Gasteiger partial charge on any atom is 0.0786 e. The highest BCUT2D eigenvalue weighted by Gasteiger charge is 2.09. The second-order valence-corrected chi connectivity index (χ2v) is 3.43. The van der Waals surface area contributed by atoms with Gasteiger partial charge in [-0.25, -0.2) is 0 Å². The van der Waals surface area contributed by atoms with Gasteiger partial charge >= 0.3 is 0 Å². The molecule has 0 saturated heterocycles. The van der Waals surface area contributed by atoms with Crippen molar-refractivity contribution in [1.29, 1.82) is 0 Å². The average molecular weight is 246 g/mol. The van der Waals surface area contributed by atoms with E-state index >= 15 is 0 Å². The zero-order valence-electron chi connectivity index (χ0n) is 5.33. The summed E-state index contributed by atoms with van der Waals surface area (Å²) >= 11 is 21.7. The molecule has 0 unspecified atom stereocenters. The summed E-state index contributed by atoms with van der Waals surface area (Å²) in [6.45, 7) is 0. The lowest BCUT2D eigenvalue weighted by Gasteiger charge is -2.22. The zero-order valence-corrected chi connectivity index (χ0v) is 8.35. The van der Waals surface area contributed by atoms with E-state index in [1.807, 2.05) is 0 Å². The first-order valence-electron chi connectivity index (χ1n) is 2.66. The third-order valence-corrected chi connectivity index (χ3v) is 2.95. The van der Waals surface area contributed by atoms with E-state index in [0.717, 1.165) is 0 Å². The molecule has 0 fully saturated rings. The second kappa shape index (κ2) is 3.38. The summed E-state index contributed by atoms with van der Waals surface area (Å²) in [7, 11) is 0. The molecule has 1 aromatic carbocycles. The molecule has 0 radical (unpaired) electrons. The van der Waals surface area contributed by atoms with E-state index in [0.29, 0.717) is 0 Å². The summed E-state index contributed by atoms with van der Waals surface area (Å²) in [4.78, 5) is 0. The number of benzene rings is 1. The Morgan fingerprint density at radius 3 is 1.08 bits per heavy atom. The van der Waals surface area contributed by atoms with Crippen molar-refractivity contribution in [2.24, 2.45) is 0 Å². The molecular formula is C6Cl4O2-2. The lowest BCUT2D eigenvalue weighted by Crippen LogP contribution is -2.01. The van der Waals surface area contributed by atoms with Crippen LogP contribution in [0.5, 0.6) is 11.5 Å². The van der Waals surface area contributed by atoms with Crippen LogP contribution in [0.25, 0.3) is 0 Å². The Balaban J connectivity index is 3.60. The lowest BCUT2D eigenvalue weighted by molar-refractivity contribution is -0.317. The first kappa shape index (κ1) is 10.1. The van der Waals surface area contributed by atoms with E-state index in [1.165, 1.54) is 0 Å². The van der Waals surface area contributed by atoms with Crippen molar-refractivity contribution < 1.29 is 10.2 Å². The third-order valence-electron chi connectivity index (χ3n) is 1.18. The predicted molar refractivity (Wildman–Crippen MR) is 45.4 cm³/mol. The van der Waals surface area contributed by atoms with E-state index < -0.39 is 21.5 Å². The SMILES string of the molecule is [O-]c1c([O-])c(Cl)c(Cl)c(Cl)c1Cl. The van der Waals surface area contributed by atoms with Crippen LogP contribution in [-0.2, 0) is 0 Å². The van der Waals surface area contributed by atoms with Crippen molar-refractivity contribution in [3.05, 3.63) is 20.1 Å². The van der Waals surface area contributed by atoms with Gasteiger partial charge in [0.15, 0.2) is 0 Å². The zero-order chi connectivity index (χ0) is 9.46. The van der Waals surface area contributed by atoms with Gasteiger partial charge in [-0.15, -0.1) is 0 Å². The summed E-state index contributed by atoms with van der Waals surface area (Å²) in [5.41, 5.74) is 0. The minimum absolute atomic E-state index is 0.187. The van der Waals surface area contributed by atoms with Crippen LogP contribution < -0.4 is 10.2 Å². The number of hydrogen-bond donors (Lipinski definition) is 0. The molecule has 12 heavy (non-hydrogen) atoms. The molecule has 66 valence electrons. The fourth-order valence-electron chi connectivity index (χ4n) is 0.591. The Labute approximate surface area is 88.2 Å². The van der Waals surface area contributed by atoms with E-state index in [2.05, 4.69) is 0 Å². The summed E-state index contributed by atoms with van der Waals surface area (Å²) in [5, 5.41) is 20.6. The van der Waals surface area contributed by atoms with Gasteiger partial charge in [0.05, 0.1) is 20.1 Å². The van der Waals surface area contributed by atoms with Crippen LogP contribution in [0.4, 0.5) is 0 Å². The van der Waals surface area contributed by atoms with Crippen LogP contribution >= 0.6 is 46.4 Å². The Hall–Kier alpha value is -0.0200. The third kappa shape index (κ3) is 1.40. The average Bonchev–Trinajstić information content (AvgIpc) is 2.08. The molecule has 0 heterocycles. The molecule has 6 heteroatoms. The maximum atomic E-state index is 10.9. The van der Waals surface area contributed by atoms with Crippen molar-refractivity contribution in [3.8, 4) is 11.5 Å². The van der Waals surface area contributed by atoms with E-state index in [4.69, 9.17) is 46.4 Å². The molecule has 0 amide bonds. The Morgan fingerprint density at radius 2 is 0.833 bits per heavy atom. The van der Waals surface area contributed by atoms with Crippen LogP contribution in [0.1, 0.15) is 0 Å². The fourth-order valence-corrected chi connectivity index (χ4v) is 1.41. The molecular weight excluding hydrogens is 246 g/mol. The molecule has 0 saturated carbocycles. The van der Waals surface area contributed by atoms with Gasteiger partial charge in [-0.05, 0) is 0 Å². The van der Waals surface area contributed by atoms with E-state index in [-0.39, 0.29) is 10.0 Å². The van der Waals surface area contributed by atoms with Gasteiger partial charge in [0, 0.05) is 0 Å². The van der Waals surface area contributed by atoms with Gasteiger partial charge in [0.1, 0.15) is 0 Å². The Bertz CT molecular complexity index is 232. The summed E-state index contributed by atoms with van der Waals surface area (Å²) in [6.07, 6.45) is 0. The van der Waals surface area contributed by atoms with Crippen molar-refractivity contribution in [2.45, 2.75) is 0 Å². The molecule has 0 N–H and O–H groups in total. The van der Waals surface area contributed by atoms with E-state index in [9.17, 15) is 10.2 Å². The maximum absolute atomic E-state index is 10.9. The first-order chi connectivity index (χ1) is 5.46. The van der Waals surface area contributed by atoms with Gasteiger partial charge in [-0.3, -0.25) is 0 Å². The second-order valence-electron chi connectivity index (χ2n) is 1.91. The summed E-state index contributed by atoms with van der Waals surface area (Å²) in [6, 6.07) is 0. The Kier molecular flexibility index (Phi) is 2.84. The van der Waals surface area contributed by atoms with E-state index in [1.54, 1.807) is 0 Å². The summed E-state index contributed by atoms with van der Waals surface area (Å²) < 4.78 is 0. The van der Waals surface area contributed by atoms with Crippen LogP contribution in [0.15, 0.2) is 0 Å². The largest absolute Gasteiger partial charge is 0.872 e. The van der Waals surface area contributed by atoms with Crippen LogP contribution in [0.3, 0.4) is 0 Å². The highest BCUT2D eigenvalue weighted by molar-refractivity contribution is 6.52. The molecule has 0 atom stereocenters. The minimum Gasteiger partial charge on any atom is -0.872 e. The van der Waals surface area contributed by atoms with Crippen molar-refractivity contribution in [1.82, 2.24) is 0 Å². The normalized spacial score (nSPS) is 10.3. The van der Waals surface area contributed by atoms with Gasteiger partial charge in [0.2, 0.25) is 0 Å². The molecule has 0 aliphatic heterocycles. The lowest BCUT2D eigenvalue weighted by atomic mass is 10.3. The standard InChI is InChI=1S/C6H2Cl4O2/c7-1-2(8)4(10)6(12)5(11)3(1)9/h11-12H/p-2. The highest BCUT2D eigenvalue weighted by Crippen LogP contribution is 2.46. The summed E-state index contributed by atoms with van der Waals surface area (Å²) in [5.74, 6) is -1.87. The van der Waals surface area contributed by atoms with Crippen molar-refractivity contribution in [2.75, 3.05) is 0 Å². The van der Waals surface area contributed by atoms with Gasteiger partial charge in [-0.2, -0.15) is 0 Å². The quantitative estimate of drug-likeness (QED) is 0.521. The van der Waals surface area contributed by atoms with Gasteiger partial charge < -0.3 is 10.2 Å². The smallest absolute Gasteiger partial charge is 0.0786 e. The molecule has 0 bridgehead atoms. The number of halogens is 4. The highest BCUT2D eigenvalue weighted by atomic mass is 35.5. The first-order valence-corrected chi connectivity index (χ1v) is 4.18. The minimum atomic E-state index is -0.934. The Morgan fingerprint density at radius 1 is 0.583 bits per heavy atom. The molecule has 0 aromatic heterocycles. The van der Waals surface area contributed by atoms with Crippen molar-refractivity contribution >= 4 is 46.4 Å². The van der Waals surface area contributed by atoms with Crippen LogP contribution in [0.2, 0.25) is 20.1 Å². The number of hydrogen-bond acceptors (Lipinski definition) is 2. The van der Waals surface area contributed by atoms with Gasteiger partial charge in [0.25, 0.3) is 0 Å². The monoisotopic (exact) mass is 244 g/mol. The molecule has 1 rings (SSSR count). The van der Waals surface area contributed by atoms with Crippen LogP contribution in [0, 0.1) is 0 Å². The molecule has 0 spiro atoms. The molecule has 0 aliphatic carbocycles. The predicted octanol–water partition coefficient (Wildman–Crippen LogP) is 2.45. The molecule has 2 nitrogen and oxygen atoms in total. The van der Waals surface area contributed by atoms with Crippen LogP contribution in [-0.4, -0.2) is 0 Å².